The molecule has 0 radical (unpaired) electrons. The fourth-order valence-corrected chi connectivity index (χ4v) is 2.44. The standard InChI is InChI=1S/C13H15N3OS/c1-13(9-14,10-5-6-10)16-11(17)8-18-12-4-2-3-7-15-12/h2-4,7,10H,5-6,8H2,1H3,(H,16,17)/t13-/m1/s1. The van der Waals surface area contributed by atoms with E-state index in [-0.39, 0.29) is 5.91 Å². The first kappa shape index (κ1) is 12.9. The van der Waals surface area contributed by atoms with Gasteiger partial charge in [0, 0.05) is 6.20 Å². The van der Waals surface area contributed by atoms with Gasteiger partial charge in [0.15, 0.2) is 0 Å². The molecular formula is C13H15N3OS. The highest BCUT2D eigenvalue weighted by Gasteiger charge is 2.42. The second kappa shape index (κ2) is 5.40. The van der Waals surface area contributed by atoms with Crippen LogP contribution in [0.15, 0.2) is 29.4 Å². The van der Waals surface area contributed by atoms with E-state index in [0.29, 0.717) is 11.7 Å². The molecule has 0 bridgehead atoms. The third kappa shape index (κ3) is 3.23. The quantitative estimate of drug-likeness (QED) is 0.823. The van der Waals surface area contributed by atoms with Gasteiger partial charge in [-0.15, -0.1) is 0 Å². The topological polar surface area (TPSA) is 65.8 Å². The molecule has 1 atom stereocenters. The van der Waals surface area contributed by atoms with E-state index in [1.54, 1.807) is 13.1 Å². The average Bonchev–Trinajstić information content (AvgIpc) is 3.22. The second-order valence-corrected chi connectivity index (χ2v) is 5.59. The largest absolute Gasteiger partial charge is 0.337 e. The van der Waals surface area contributed by atoms with E-state index in [1.807, 2.05) is 18.2 Å². The van der Waals surface area contributed by atoms with Crippen LogP contribution in [0.3, 0.4) is 0 Å². The Labute approximate surface area is 111 Å². The molecule has 1 saturated carbocycles. The number of carbonyl (C=O) groups excluding carboxylic acids is 1. The predicted molar refractivity (Wildman–Crippen MR) is 69.8 cm³/mol. The SMILES string of the molecule is C[C@](C#N)(NC(=O)CSc1ccccn1)C1CC1. The normalized spacial score (nSPS) is 17.6. The summed E-state index contributed by atoms with van der Waals surface area (Å²) in [5.41, 5.74) is -0.707. The van der Waals surface area contributed by atoms with Gasteiger partial charge in [-0.3, -0.25) is 4.79 Å². The number of rotatable bonds is 5. The van der Waals surface area contributed by atoms with Crippen LogP contribution >= 0.6 is 11.8 Å². The molecule has 1 heterocycles. The zero-order chi connectivity index (χ0) is 13.0. The number of nitrogens with one attached hydrogen (secondary N) is 1. The molecule has 0 saturated heterocycles. The third-order valence-electron chi connectivity index (χ3n) is 3.01. The Hall–Kier alpha value is -1.54. The minimum absolute atomic E-state index is 0.110. The van der Waals surface area contributed by atoms with Crippen molar-refractivity contribution in [3.8, 4) is 6.07 Å². The van der Waals surface area contributed by atoms with Crippen LogP contribution in [-0.2, 0) is 4.79 Å². The van der Waals surface area contributed by atoms with Gasteiger partial charge >= 0.3 is 0 Å². The number of nitrogens with zero attached hydrogens (tertiary/aromatic N) is 2. The van der Waals surface area contributed by atoms with Gasteiger partial charge in [0.1, 0.15) is 5.54 Å². The number of aromatic nitrogens is 1. The Bertz CT molecular complexity index is 467. The van der Waals surface area contributed by atoms with E-state index < -0.39 is 5.54 Å². The number of hydrogen-bond donors (Lipinski definition) is 1. The summed E-state index contributed by atoms with van der Waals surface area (Å²) >= 11 is 1.38. The monoisotopic (exact) mass is 261 g/mol. The Morgan fingerprint density at radius 1 is 1.67 bits per heavy atom. The maximum Gasteiger partial charge on any atom is 0.231 e. The first-order chi connectivity index (χ1) is 8.64. The van der Waals surface area contributed by atoms with Gasteiger partial charge in [0.2, 0.25) is 5.91 Å². The van der Waals surface area contributed by atoms with Gasteiger partial charge in [-0.25, -0.2) is 4.98 Å². The number of thioether (sulfide) groups is 1. The van der Waals surface area contributed by atoms with Gasteiger partial charge in [-0.2, -0.15) is 5.26 Å². The molecule has 2 rings (SSSR count). The molecule has 1 amide bonds. The van der Waals surface area contributed by atoms with E-state index >= 15 is 0 Å². The molecule has 4 nitrogen and oxygen atoms in total. The van der Waals surface area contributed by atoms with Gasteiger partial charge in [-0.05, 0) is 37.8 Å². The maximum atomic E-state index is 11.8. The molecule has 18 heavy (non-hydrogen) atoms. The summed E-state index contributed by atoms with van der Waals surface area (Å²) in [5, 5.41) is 12.8. The minimum Gasteiger partial charge on any atom is -0.337 e. The van der Waals surface area contributed by atoms with Crippen molar-refractivity contribution in [1.29, 1.82) is 5.26 Å². The summed E-state index contributed by atoms with van der Waals surface area (Å²) < 4.78 is 0. The summed E-state index contributed by atoms with van der Waals surface area (Å²) in [6.07, 6.45) is 3.75. The van der Waals surface area contributed by atoms with Crippen molar-refractivity contribution in [2.45, 2.75) is 30.3 Å². The highest BCUT2D eigenvalue weighted by molar-refractivity contribution is 7.99. The summed E-state index contributed by atoms with van der Waals surface area (Å²) in [4.78, 5) is 15.9. The van der Waals surface area contributed by atoms with Crippen LogP contribution in [0, 0.1) is 17.2 Å². The maximum absolute atomic E-state index is 11.8. The molecule has 0 spiro atoms. The fourth-order valence-electron chi connectivity index (χ4n) is 1.78. The molecule has 5 heteroatoms. The van der Waals surface area contributed by atoms with Crippen molar-refractivity contribution < 1.29 is 4.79 Å². The lowest BCUT2D eigenvalue weighted by Crippen LogP contribution is -2.47. The molecule has 1 aliphatic carbocycles. The number of hydrogen-bond acceptors (Lipinski definition) is 4. The highest BCUT2D eigenvalue weighted by atomic mass is 32.2. The highest BCUT2D eigenvalue weighted by Crippen LogP contribution is 2.39. The molecule has 0 aromatic carbocycles. The Balaban J connectivity index is 1.84. The van der Waals surface area contributed by atoms with Crippen LogP contribution in [0.5, 0.6) is 0 Å². The van der Waals surface area contributed by atoms with E-state index in [4.69, 9.17) is 5.26 Å². The Morgan fingerprint density at radius 3 is 3.00 bits per heavy atom. The second-order valence-electron chi connectivity index (χ2n) is 4.59. The molecule has 0 unspecified atom stereocenters. The minimum atomic E-state index is -0.707. The average molecular weight is 261 g/mol. The lowest BCUT2D eigenvalue weighted by atomic mass is 9.98. The van der Waals surface area contributed by atoms with E-state index in [2.05, 4.69) is 16.4 Å². The van der Waals surface area contributed by atoms with E-state index in [0.717, 1.165) is 17.9 Å². The van der Waals surface area contributed by atoms with Crippen LogP contribution in [-0.4, -0.2) is 22.2 Å². The van der Waals surface area contributed by atoms with Gasteiger partial charge in [-0.1, -0.05) is 17.8 Å². The fraction of sp³-hybridized carbons (Fsp3) is 0.462. The summed E-state index contributed by atoms with van der Waals surface area (Å²) in [6, 6.07) is 7.80. The van der Waals surface area contributed by atoms with Crippen LogP contribution in [0.4, 0.5) is 0 Å². The molecule has 1 aromatic heterocycles. The molecule has 1 aromatic rings. The van der Waals surface area contributed by atoms with E-state index in [9.17, 15) is 4.79 Å². The smallest absolute Gasteiger partial charge is 0.231 e. The number of amides is 1. The summed E-state index contributed by atoms with van der Waals surface area (Å²) in [6.45, 7) is 1.80. The third-order valence-corrected chi connectivity index (χ3v) is 3.96. The Morgan fingerprint density at radius 2 is 2.44 bits per heavy atom. The van der Waals surface area contributed by atoms with Crippen LogP contribution in [0.1, 0.15) is 19.8 Å². The van der Waals surface area contributed by atoms with Crippen molar-refractivity contribution >= 4 is 17.7 Å². The van der Waals surface area contributed by atoms with Crippen molar-refractivity contribution in [2.24, 2.45) is 5.92 Å². The molecule has 1 N–H and O–H groups in total. The van der Waals surface area contributed by atoms with Gasteiger partial charge in [0.05, 0.1) is 16.8 Å². The lowest BCUT2D eigenvalue weighted by Gasteiger charge is -2.22. The molecule has 0 aliphatic heterocycles. The van der Waals surface area contributed by atoms with Crippen LogP contribution in [0.2, 0.25) is 0 Å². The molecule has 1 fully saturated rings. The molecule has 1 aliphatic rings. The van der Waals surface area contributed by atoms with Crippen molar-refractivity contribution in [3.05, 3.63) is 24.4 Å². The first-order valence-corrected chi connectivity index (χ1v) is 6.89. The van der Waals surface area contributed by atoms with Gasteiger partial charge in [0.25, 0.3) is 0 Å². The Kier molecular flexibility index (Phi) is 3.87. The van der Waals surface area contributed by atoms with E-state index in [1.165, 1.54) is 11.8 Å². The number of carbonyl (C=O) groups is 1. The first-order valence-electron chi connectivity index (χ1n) is 5.90. The summed E-state index contributed by atoms with van der Waals surface area (Å²) in [5.74, 6) is 0.494. The van der Waals surface area contributed by atoms with Crippen LogP contribution < -0.4 is 5.32 Å². The van der Waals surface area contributed by atoms with Crippen LogP contribution in [0.25, 0.3) is 0 Å². The van der Waals surface area contributed by atoms with Crippen molar-refractivity contribution in [2.75, 3.05) is 5.75 Å². The zero-order valence-electron chi connectivity index (χ0n) is 10.2. The van der Waals surface area contributed by atoms with Crippen molar-refractivity contribution in [3.63, 3.8) is 0 Å². The molecular weight excluding hydrogens is 246 g/mol. The predicted octanol–water partition coefficient (Wildman–Crippen LogP) is 1.98. The zero-order valence-corrected chi connectivity index (χ0v) is 11.0. The molecule has 94 valence electrons. The number of pyridine rings is 1. The summed E-state index contributed by atoms with van der Waals surface area (Å²) in [7, 11) is 0. The van der Waals surface area contributed by atoms with Gasteiger partial charge < -0.3 is 5.32 Å². The number of nitriles is 1. The van der Waals surface area contributed by atoms with Crippen molar-refractivity contribution in [1.82, 2.24) is 10.3 Å². The lowest BCUT2D eigenvalue weighted by molar-refractivity contribution is -0.119.